The van der Waals surface area contributed by atoms with E-state index in [-0.39, 0.29) is 5.96 Å². The highest BCUT2D eigenvalue weighted by Crippen LogP contribution is 2.37. The normalized spacial score (nSPS) is 13.4. The third kappa shape index (κ3) is 2.90. The summed E-state index contributed by atoms with van der Waals surface area (Å²) < 4.78 is 37.8. The molecule has 0 unspecified atom stereocenters. The second kappa shape index (κ2) is 5.91. The van der Waals surface area contributed by atoms with Gasteiger partial charge in [0.05, 0.1) is 11.3 Å². The molecule has 0 heterocycles. The summed E-state index contributed by atoms with van der Waals surface area (Å²) in [5.74, 6) is 0.109. The monoisotopic (exact) mass is 353 g/mol. The molecule has 0 amide bonds. The van der Waals surface area contributed by atoms with E-state index in [1.165, 1.54) is 12.1 Å². The molecule has 0 aromatic heterocycles. The molecule has 0 aliphatic heterocycles. The fourth-order valence-electron chi connectivity index (χ4n) is 3.05. The number of rotatable bonds is 2. The number of benzene rings is 3. The third-order valence-corrected chi connectivity index (χ3v) is 4.25. The van der Waals surface area contributed by atoms with Crippen molar-refractivity contribution in [2.24, 2.45) is 10.7 Å². The van der Waals surface area contributed by atoms with Gasteiger partial charge in [0.25, 0.3) is 0 Å². The van der Waals surface area contributed by atoms with E-state index in [1.807, 2.05) is 42.5 Å². The van der Waals surface area contributed by atoms with Crippen LogP contribution >= 0.6 is 0 Å². The summed E-state index contributed by atoms with van der Waals surface area (Å²) >= 11 is 0. The zero-order valence-electron chi connectivity index (χ0n) is 13.5. The van der Waals surface area contributed by atoms with Gasteiger partial charge in [0.15, 0.2) is 5.96 Å². The molecule has 0 fully saturated rings. The lowest BCUT2D eigenvalue weighted by atomic mass is 10.0. The molecule has 3 aromatic carbocycles. The van der Waals surface area contributed by atoms with Crippen LogP contribution in [0.4, 0.5) is 24.5 Å². The van der Waals surface area contributed by atoms with Crippen molar-refractivity contribution in [1.82, 2.24) is 0 Å². The highest BCUT2D eigenvalue weighted by Gasteiger charge is 2.29. The third-order valence-electron chi connectivity index (χ3n) is 4.25. The highest BCUT2D eigenvalue weighted by molar-refractivity contribution is 6.08. The van der Waals surface area contributed by atoms with Crippen molar-refractivity contribution < 1.29 is 13.2 Å². The Kier molecular flexibility index (Phi) is 3.68. The van der Waals surface area contributed by atoms with Gasteiger partial charge in [-0.25, -0.2) is 4.99 Å². The van der Waals surface area contributed by atoms with Crippen LogP contribution in [0.2, 0.25) is 0 Å². The van der Waals surface area contributed by atoms with E-state index in [4.69, 9.17) is 5.73 Å². The van der Waals surface area contributed by atoms with Gasteiger partial charge in [-0.3, -0.25) is 0 Å². The van der Waals surface area contributed by atoms with Crippen molar-refractivity contribution in [1.29, 1.82) is 0 Å². The number of halogens is 3. The summed E-state index contributed by atoms with van der Waals surface area (Å²) in [6.45, 7) is 0. The van der Waals surface area contributed by atoms with E-state index in [0.29, 0.717) is 11.4 Å². The zero-order valence-corrected chi connectivity index (χ0v) is 13.5. The fourth-order valence-corrected chi connectivity index (χ4v) is 3.05. The zero-order chi connectivity index (χ0) is 18.3. The Hall–Kier alpha value is -3.28. The number of nitrogens with zero attached hydrogens (tertiary/aromatic N) is 1. The van der Waals surface area contributed by atoms with Gasteiger partial charge in [-0.05, 0) is 46.7 Å². The van der Waals surface area contributed by atoms with Gasteiger partial charge < -0.3 is 11.1 Å². The van der Waals surface area contributed by atoms with Gasteiger partial charge in [0.2, 0.25) is 0 Å². The Bertz CT molecular complexity index is 1050. The second-order valence-electron chi connectivity index (χ2n) is 5.97. The maximum atomic E-state index is 12.6. The van der Waals surface area contributed by atoms with E-state index in [9.17, 15) is 13.2 Å². The molecule has 1 aliphatic rings. The van der Waals surface area contributed by atoms with Gasteiger partial charge in [0, 0.05) is 11.3 Å². The average molecular weight is 353 g/mol. The molecule has 26 heavy (non-hydrogen) atoms. The summed E-state index contributed by atoms with van der Waals surface area (Å²) in [5, 5.41) is 5.06. The number of alkyl halides is 3. The smallest absolute Gasteiger partial charge is 0.369 e. The number of aliphatic imine (C=N–C) groups is 1. The topological polar surface area (TPSA) is 50.4 Å². The van der Waals surface area contributed by atoms with E-state index in [1.54, 1.807) is 0 Å². The molecule has 0 saturated carbocycles. The Labute approximate surface area is 147 Å². The molecular weight excluding hydrogens is 339 g/mol. The minimum Gasteiger partial charge on any atom is -0.369 e. The van der Waals surface area contributed by atoms with Gasteiger partial charge in [0.1, 0.15) is 0 Å². The van der Waals surface area contributed by atoms with E-state index in [2.05, 4.69) is 10.3 Å². The first kappa shape index (κ1) is 16.2. The lowest BCUT2D eigenvalue weighted by molar-refractivity contribution is -0.137. The predicted octanol–water partition coefficient (Wildman–Crippen LogP) is 5.40. The van der Waals surface area contributed by atoms with Crippen molar-refractivity contribution in [3.63, 3.8) is 0 Å². The number of hydrogen-bond acceptors (Lipinski definition) is 1. The van der Waals surface area contributed by atoms with Crippen LogP contribution in [0.25, 0.3) is 22.9 Å². The molecule has 3 aromatic rings. The van der Waals surface area contributed by atoms with Crippen molar-refractivity contribution in [2.75, 3.05) is 5.32 Å². The number of nitrogens with two attached hydrogens (primary N) is 1. The minimum atomic E-state index is -4.36. The van der Waals surface area contributed by atoms with Crippen LogP contribution in [0.1, 0.15) is 16.7 Å². The largest absolute Gasteiger partial charge is 0.416 e. The predicted molar refractivity (Wildman–Crippen MR) is 99.2 cm³/mol. The van der Waals surface area contributed by atoms with Crippen molar-refractivity contribution in [2.45, 2.75) is 6.18 Å². The highest BCUT2D eigenvalue weighted by atomic mass is 19.4. The SMILES string of the molecule is NC(=Nc1ccc2cccc3c2c1C=C3)Nc1ccc(C(F)(F)F)cc1. The summed E-state index contributed by atoms with van der Waals surface area (Å²) in [7, 11) is 0. The molecule has 3 N–H and O–H groups in total. The first-order valence-electron chi connectivity index (χ1n) is 7.94. The van der Waals surface area contributed by atoms with Crippen LogP contribution in [0, 0.1) is 0 Å². The summed E-state index contributed by atoms with van der Waals surface area (Å²) in [6.07, 6.45) is -0.352. The van der Waals surface area contributed by atoms with Gasteiger partial charge >= 0.3 is 6.18 Å². The maximum Gasteiger partial charge on any atom is 0.416 e. The van der Waals surface area contributed by atoms with Crippen LogP contribution in [0.15, 0.2) is 59.6 Å². The Morgan fingerprint density at radius 2 is 1.69 bits per heavy atom. The number of anilines is 1. The molecule has 6 heteroatoms. The van der Waals surface area contributed by atoms with Crippen molar-refractivity contribution in [3.05, 3.63) is 71.3 Å². The Morgan fingerprint density at radius 3 is 2.42 bits per heavy atom. The first-order valence-corrected chi connectivity index (χ1v) is 7.94. The summed E-state index contributed by atoms with van der Waals surface area (Å²) in [4.78, 5) is 4.39. The van der Waals surface area contributed by atoms with E-state index < -0.39 is 11.7 Å². The molecule has 4 rings (SSSR count). The Morgan fingerprint density at radius 1 is 0.923 bits per heavy atom. The minimum absolute atomic E-state index is 0.109. The molecular formula is C20H14F3N3. The first-order chi connectivity index (χ1) is 12.4. The maximum absolute atomic E-state index is 12.6. The van der Waals surface area contributed by atoms with Crippen molar-refractivity contribution >= 4 is 40.3 Å². The van der Waals surface area contributed by atoms with E-state index in [0.717, 1.165) is 34.0 Å². The molecule has 0 atom stereocenters. The quantitative estimate of drug-likeness (QED) is 0.374. The number of hydrogen-bond donors (Lipinski definition) is 2. The van der Waals surface area contributed by atoms with E-state index >= 15 is 0 Å². The standard InChI is InChI=1S/C20H14F3N3/c21-20(22,23)14-6-8-15(9-7-14)25-19(24)26-17-11-5-13-3-1-2-12-4-10-16(17)18(12)13/h1-11H,(H3,24,25,26). The van der Waals surface area contributed by atoms with Crippen LogP contribution in [-0.2, 0) is 6.18 Å². The number of nitrogens with one attached hydrogen (secondary N) is 1. The molecule has 0 radical (unpaired) electrons. The van der Waals surface area contributed by atoms with Gasteiger partial charge in [-0.1, -0.05) is 36.4 Å². The molecule has 1 aliphatic carbocycles. The molecule has 0 bridgehead atoms. The molecule has 130 valence electrons. The van der Waals surface area contributed by atoms with Crippen LogP contribution in [-0.4, -0.2) is 5.96 Å². The van der Waals surface area contributed by atoms with Gasteiger partial charge in [-0.2, -0.15) is 13.2 Å². The Balaban J connectivity index is 1.62. The van der Waals surface area contributed by atoms with Crippen LogP contribution in [0.3, 0.4) is 0 Å². The second-order valence-corrected chi connectivity index (χ2v) is 5.97. The molecule has 0 spiro atoms. The van der Waals surface area contributed by atoms with Crippen molar-refractivity contribution in [3.8, 4) is 0 Å². The van der Waals surface area contributed by atoms with Crippen LogP contribution < -0.4 is 11.1 Å². The molecule has 0 saturated heterocycles. The fraction of sp³-hybridized carbons (Fsp3) is 0.0500. The lowest BCUT2D eigenvalue weighted by Crippen LogP contribution is -2.22. The lowest BCUT2D eigenvalue weighted by Gasteiger charge is -2.10. The number of guanidine groups is 1. The molecule has 3 nitrogen and oxygen atoms in total. The summed E-state index contributed by atoms with van der Waals surface area (Å²) in [6, 6.07) is 14.6. The summed E-state index contributed by atoms with van der Waals surface area (Å²) in [5.41, 5.74) is 8.48. The van der Waals surface area contributed by atoms with Gasteiger partial charge in [-0.15, -0.1) is 0 Å². The van der Waals surface area contributed by atoms with Crippen LogP contribution in [0.5, 0.6) is 0 Å². The average Bonchev–Trinajstić information content (AvgIpc) is 3.03.